The van der Waals surface area contributed by atoms with Crippen LogP contribution in [0.4, 0.5) is 16.2 Å². The summed E-state index contributed by atoms with van der Waals surface area (Å²) in [5, 5.41) is 13.5. The molecule has 0 unspecified atom stereocenters. The number of nitro groups is 1. The van der Waals surface area contributed by atoms with E-state index in [0.29, 0.717) is 12.1 Å². The zero-order valence-electron chi connectivity index (χ0n) is 16.3. The van der Waals surface area contributed by atoms with Crippen LogP contribution in [0, 0.1) is 10.1 Å². The van der Waals surface area contributed by atoms with Crippen molar-refractivity contribution in [3.8, 4) is 0 Å². The number of non-ortho nitro benzene ring substituents is 1. The molecule has 2 aliphatic rings. The second-order valence-corrected chi connectivity index (χ2v) is 7.53. The molecule has 1 atom stereocenters. The second-order valence-electron chi connectivity index (χ2n) is 7.53. The second kappa shape index (κ2) is 7.25. The lowest BCUT2D eigenvalue weighted by atomic mass is 9.92. The molecular formula is C21H20N4O5. The minimum absolute atomic E-state index is 0.116. The van der Waals surface area contributed by atoms with Crippen molar-refractivity contribution in [2.45, 2.75) is 25.3 Å². The molecule has 0 radical (unpaired) electrons. The number of carbonyl (C=O) groups excluding carboxylic acids is 3. The van der Waals surface area contributed by atoms with Crippen molar-refractivity contribution in [1.29, 1.82) is 0 Å². The van der Waals surface area contributed by atoms with Crippen molar-refractivity contribution in [3.05, 3.63) is 69.8 Å². The van der Waals surface area contributed by atoms with Gasteiger partial charge in [-0.25, -0.2) is 4.79 Å². The van der Waals surface area contributed by atoms with E-state index in [9.17, 15) is 24.5 Å². The van der Waals surface area contributed by atoms with E-state index in [1.807, 2.05) is 24.3 Å². The van der Waals surface area contributed by atoms with Crippen molar-refractivity contribution < 1.29 is 19.3 Å². The number of aryl methyl sites for hydroxylation is 1. The molecule has 2 heterocycles. The molecule has 2 aromatic rings. The van der Waals surface area contributed by atoms with E-state index in [-0.39, 0.29) is 18.1 Å². The zero-order valence-corrected chi connectivity index (χ0v) is 16.3. The first-order valence-corrected chi connectivity index (χ1v) is 9.58. The molecule has 4 amide bonds. The number of carbonyl (C=O) groups is 3. The molecule has 2 aliphatic heterocycles. The number of nitro benzene ring substituents is 1. The monoisotopic (exact) mass is 408 g/mol. The van der Waals surface area contributed by atoms with Gasteiger partial charge in [0, 0.05) is 24.4 Å². The number of hydrogen-bond acceptors (Lipinski definition) is 5. The molecule has 2 aromatic carbocycles. The largest absolute Gasteiger partial charge is 0.325 e. The van der Waals surface area contributed by atoms with Crippen LogP contribution in [0.25, 0.3) is 0 Å². The third-order valence-corrected chi connectivity index (χ3v) is 5.64. The lowest BCUT2D eigenvalue weighted by molar-refractivity contribution is -0.384. The van der Waals surface area contributed by atoms with E-state index in [0.717, 1.165) is 29.0 Å². The average Bonchev–Trinajstić information content (AvgIpc) is 2.97. The van der Waals surface area contributed by atoms with Crippen LogP contribution >= 0.6 is 0 Å². The van der Waals surface area contributed by atoms with Crippen LogP contribution in [0.15, 0.2) is 48.5 Å². The quantitative estimate of drug-likeness (QED) is 0.474. The Morgan fingerprint density at radius 1 is 1.17 bits per heavy atom. The standard InChI is InChI=1S/C21H20N4O5/c1-21(15-8-10-16(11-9-15)25(29)30)19(27)24(20(28)22-21)13-18(26)23-12-4-6-14-5-2-3-7-17(14)23/h2-3,5,7-11H,4,6,12-13H2,1H3,(H,22,28)/t21-/m0/s1. The number of amides is 4. The molecule has 1 fully saturated rings. The van der Waals surface area contributed by atoms with Gasteiger partial charge in [0.25, 0.3) is 11.6 Å². The summed E-state index contributed by atoms with van der Waals surface area (Å²) < 4.78 is 0. The van der Waals surface area contributed by atoms with E-state index in [1.165, 1.54) is 31.2 Å². The van der Waals surface area contributed by atoms with Gasteiger partial charge in [-0.3, -0.25) is 24.6 Å². The number of nitrogens with one attached hydrogen (secondary N) is 1. The molecule has 1 saturated heterocycles. The summed E-state index contributed by atoms with van der Waals surface area (Å²) in [6, 6.07) is 12.3. The van der Waals surface area contributed by atoms with E-state index in [1.54, 1.807) is 4.90 Å². The lowest BCUT2D eigenvalue weighted by Gasteiger charge is -2.30. The lowest BCUT2D eigenvalue weighted by Crippen LogP contribution is -2.46. The van der Waals surface area contributed by atoms with Gasteiger partial charge in [0.1, 0.15) is 12.1 Å². The Kier molecular flexibility index (Phi) is 4.73. The third kappa shape index (κ3) is 3.18. The summed E-state index contributed by atoms with van der Waals surface area (Å²) in [5.74, 6) is -0.904. The first kappa shape index (κ1) is 19.6. The average molecular weight is 408 g/mol. The van der Waals surface area contributed by atoms with Crippen molar-refractivity contribution >= 4 is 29.2 Å². The first-order chi connectivity index (χ1) is 14.3. The number of imide groups is 1. The number of nitrogens with zero attached hydrogens (tertiary/aromatic N) is 3. The number of benzene rings is 2. The summed E-state index contributed by atoms with van der Waals surface area (Å²) in [5.41, 5.74) is 0.760. The Bertz CT molecular complexity index is 1050. The maximum atomic E-state index is 13.1. The summed E-state index contributed by atoms with van der Waals surface area (Å²) >= 11 is 0. The van der Waals surface area contributed by atoms with Crippen LogP contribution in [0.1, 0.15) is 24.5 Å². The van der Waals surface area contributed by atoms with E-state index in [4.69, 9.17) is 0 Å². The van der Waals surface area contributed by atoms with Gasteiger partial charge in [-0.15, -0.1) is 0 Å². The van der Waals surface area contributed by atoms with Gasteiger partial charge in [-0.2, -0.15) is 0 Å². The van der Waals surface area contributed by atoms with Gasteiger partial charge < -0.3 is 10.2 Å². The molecule has 0 bridgehead atoms. The van der Waals surface area contributed by atoms with Crippen molar-refractivity contribution in [3.63, 3.8) is 0 Å². The normalized spacial score (nSPS) is 20.7. The predicted octanol–water partition coefficient (Wildman–Crippen LogP) is 2.34. The minimum atomic E-state index is -1.40. The minimum Gasteiger partial charge on any atom is -0.319 e. The number of hydrogen-bond donors (Lipinski definition) is 1. The maximum absolute atomic E-state index is 13.1. The molecule has 154 valence electrons. The van der Waals surface area contributed by atoms with Gasteiger partial charge >= 0.3 is 6.03 Å². The van der Waals surface area contributed by atoms with E-state index >= 15 is 0 Å². The smallest absolute Gasteiger partial charge is 0.319 e. The molecular weight excluding hydrogens is 388 g/mol. The van der Waals surface area contributed by atoms with Gasteiger partial charge in [0.05, 0.1) is 4.92 Å². The van der Waals surface area contributed by atoms with Crippen LogP contribution in [-0.2, 0) is 21.5 Å². The Morgan fingerprint density at radius 2 is 1.87 bits per heavy atom. The number of urea groups is 1. The molecule has 0 spiro atoms. The van der Waals surface area contributed by atoms with Crippen molar-refractivity contribution in [2.75, 3.05) is 18.0 Å². The first-order valence-electron chi connectivity index (χ1n) is 9.58. The van der Waals surface area contributed by atoms with Crippen LogP contribution in [0.2, 0.25) is 0 Å². The van der Waals surface area contributed by atoms with Crippen LogP contribution < -0.4 is 10.2 Å². The summed E-state index contributed by atoms with van der Waals surface area (Å²) in [6.45, 7) is 1.68. The molecule has 30 heavy (non-hydrogen) atoms. The number of anilines is 1. The van der Waals surface area contributed by atoms with Crippen LogP contribution in [0.5, 0.6) is 0 Å². The fourth-order valence-corrected chi connectivity index (χ4v) is 3.97. The molecule has 1 N–H and O–H groups in total. The summed E-state index contributed by atoms with van der Waals surface area (Å²) in [4.78, 5) is 51.4. The molecule has 0 saturated carbocycles. The fraction of sp³-hybridized carbons (Fsp3) is 0.286. The summed E-state index contributed by atoms with van der Waals surface area (Å²) in [7, 11) is 0. The molecule has 4 rings (SSSR count). The number of para-hydroxylation sites is 1. The van der Waals surface area contributed by atoms with Gasteiger partial charge in [-0.05, 0) is 49.1 Å². The van der Waals surface area contributed by atoms with Crippen LogP contribution in [0.3, 0.4) is 0 Å². The Morgan fingerprint density at radius 3 is 2.57 bits per heavy atom. The molecule has 0 aromatic heterocycles. The van der Waals surface area contributed by atoms with Crippen molar-refractivity contribution in [1.82, 2.24) is 10.2 Å². The predicted molar refractivity (Wildman–Crippen MR) is 108 cm³/mol. The zero-order chi connectivity index (χ0) is 21.5. The third-order valence-electron chi connectivity index (χ3n) is 5.64. The van der Waals surface area contributed by atoms with Gasteiger partial charge in [0.15, 0.2) is 0 Å². The Balaban J connectivity index is 1.55. The number of rotatable bonds is 4. The molecule has 0 aliphatic carbocycles. The van der Waals surface area contributed by atoms with Crippen molar-refractivity contribution in [2.24, 2.45) is 0 Å². The number of fused-ring (bicyclic) bond motifs is 1. The SMILES string of the molecule is C[C@@]1(c2ccc([N+](=O)[O-])cc2)NC(=O)N(CC(=O)N2CCCc3ccccc32)C1=O. The summed E-state index contributed by atoms with van der Waals surface area (Å²) in [6.07, 6.45) is 1.69. The van der Waals surface area contributed by atoms with Gasteiger partial charge in [0.2, 0.25) is 5.91 Å². The van der Waals surface area contributed by atoms with E-state index < -0.39 is 22.4 Å². The Labute approximate surface area is 172 Å². The maximum Gasteiger partial charge on any atom is 0.325 e. The highest BCUT2D eigenvalue weighted by Gasteiger charge is 2.50. The van der Waals surface area contributed by atoms with E-state index in [2.05, 4.69) is 5.32 Å². The van der Waals surface area contributed by atoms with Gasteiger partial charge in [-0.1, -0.05) is 18.2 Å². The Hall–Kier alpha value is -3.75. The van der Waals surface area contributed by atoms with Crippen LogP contribution in [-0.4, -0.2) is 40.8 Å². The topological polar surface area (TPSA) is 113 Å². The highest BCUT2D eigenvalue weighted by molar-refractivity contribution is 6.10. The molecule has 9 heteroatoms. The molecule has 9 nitrogen and oxygen atoms in total. The fourth-order valence-electron chi connectivity index (χ4n) is 3.97. The highest BCUT2D eigenvalue weighted by Crippen LogP contribution is 2.31. The highest BCUT2D eigenvalue weighted by atomic mass is 16.6.